The van der Waals surface area contributed by atoms with Crippen LogP contribution in [0.1, 0.15) is 61.1 Å². The minimum Gasteiger partial charge on any atom is -0.508 e. The standard InChI is InChI=1S/C21H24O2/c1-2-6-16-12-21-18(13-19(16)22)17-10-9-15(11-20(17)23-21)14-7-4-3-5-8-14/h3-5,7-8,12-13,15,17,20,22H,2,6,9-11H2,1H3/t15-,17-,20+/m1/s1. The van der Waals surface area contributed by atoms with E-state index < -0.39 is 0 Å². The zero-order valence-corrected chi connectivity index (χ0v) is 13.7. The fourth-order valence-electron chi connectivity index (χ4n) is 4.29. The van der Waals surface area contributed by atoms with Crippen molar-refractivity contribution in [3.05, 3.63) is 59.2 Å². The normalized spacial score (nSPS) is 25.5. The predicted octanol–water partition coefficient (Wildman–Crippen LogP) is 5.16. The summed E-state index contributed by atoms with van der Waals surface area (Å²) in [5, 5.41) is 10.3. The lowest BCUT2D eigenvalue weighted by atomic mass is 9.75. The number of hydrogen-bond acceptors (Lipinski definition) is 2. The lowest BCUT2D eigenvalue weighted by molar-refractivity contribution is 0.151. The van der Waals surface area contributed by atoms with Crippen molar-refractivity contribution in [2.45, 2.75) is 57.0 Å². The van der Waals surface area contributed by atoms with E-state index in [1.807, 2.05) is 6.07 Å². The molecule has 0 unspecified atom stereocenters. The Morgan fingerprint density at radius 1 is 1.13 bits per heavy atom. The van der Waals surface area contributed by atoms with Gasteiger partial charge in [-0.1, -0.05) is 43.7 Å². The van der Waals surface area contributed by atoms with Gasteiger partial charge in [-0.25, -0.2) is 0 Å². The molecule has 2 nitrogen and oxygen atoms in total. The maximum Gasteiger partial charge on any atom is 0.123 e. The number of benzene rings is 2. The van der Waals surface area contributed by atoms with E-state index in [-0.39, 0.29) is 6.10 Å². The molecule has 0 saturated heterocycles. The maximum absolute atomic E-state index is 10.3. The number of phenols is 1. The third kappa shape index (κ3) is 2.60. The Morgan fingerprint density at radius 2 is 1.96 bits per heavy atom. The molecule has 0 radical (unpaired) electrons. The lowest BCUT2D eigenvalue weighted by Crippen LogP contribution is -2.27. The first-order valence-electron chi connectivity index (χ1n) is 8.83. The molecule has 23 heavy (non-hydrogen) atoms. The third-order valence-electron chi connectivity index (χ3n) is 5.47. The molecule has 1 aliphatic heterocycles. The molecular formula is C21H24O2. The van der Waals surface area contributed by atoms with Crippen LogP contribution in [0.25, 0.3) is 0 Å². The summed E-state index contributed by atoms with van der Waals surface area (Å²) in [5.41, 5.74) is 3.67. The quantitative estimate of drug-likeness (QED) is 0.849. The van der Waals surface area contributed by atoms with Crippen LogP contribution in [0, 0.1) is 0 Å². The molecule has 1 saturated carbocycles. The second-order valence-electron chi connectivity index (χ2n) is 6.95. The predicted molar refractivity (Wildman–Crippen MR) is 92.3 cm³/mol. The van der Waals surface area contributed by atoms with Gasteiger partial charge in [-0.15, -0.1) is 0 Å². The molecule has 2 aromatic rings. The summed E-state index contributed by atoms with van der Waals surface area (Å²) in [6, 6.07) is 14.8. The van der Waals surface area contributed by atoms with Crippen LogP contribution in [0.3, 0.4) is 0 Å². The van der Waals surface area contributed by atoms with E-state index in [4.69, 9.17) is 4.74 Å². The van der Waals surface area contributed by atoms with Crippen LogP contribution < -0.4 is 4.74 Å². The summed E-state index contributed by atoms with van der Waals surface area (Å²) in [7, 11) is 0. The Morgan fingerprint density at radius 3 is 2.74 bits per heavy atom. The molecule has 0 amide bonds. The summed E-state index contributed by atoms with van der Waals surface area (Å²) >= 11 is 0. The van der Waals surface area contributed by atoms with Crippen molar-refractivity contribution in [2.75, 3.05) is 0 Å². The molecule has 1 heterocycles. The second-order valence-corrected chi connectivity index (χ2v) is 6.95. The largest absolute Gasteiger partial charge is 0.508 e. The van der Waals surface area contributed by atoms with Crippen molar-refractivity contribution in [1.82, 2.24) is 0 Å². The second kappa shape index (κ2) is 5.92. The molecule has 0 spiro atoms. The van der Waals surface area contributed by atoms with E-state index in [2.05, 4.69) is 43.3 Å². The highest BCUT2D eigenvalue weighted by molar-refractivity contribution is 5.50. The third-order valence-corrected chi connectivity index (χ3v) is 5.47. The fourth-order valence-corrected chi connectivity index (χ4v) is 4.29. The highest BCUT2D eigenvalue weighted by Crippen LogP contribution is 2.50. The van der Waals surface area contributed by atoms with Gasteiger partial charge in [0.2, 0.25) is 0 Å². The van der Waals surface area contributed by atoms with Crippen molar-refractivity contribution in [1.29, 1.82) is 0 Å². The van der Waals surface area contributed by atoms with Gasteiger partial charge in [0.1, 0.15) is 17.6 Å². The average Bonchev–Trinajstić information content (AvgIpc) is 2.93. The summed E-state index contributed by atoms with van der Waals surface area (Å²) < 4.78 is 6.29. The Bertz CT molecular complexity index is 692. The van der Waals surface area contributed by atoms with Gasteiger partial charge in [0.05, 0.1) is 0 Å². The van der Waals surface area contributed by atoms with Gasteiger partial charge >= 0.3 is 0 Å². The van der Waals surface area contributed by atoms with Gasteiger partial charge < -0.3 is 9.84 Å². The van der Waals surface area contributed by atoms with Crippen LogP contribution in [0.15, 0.2) is 42.5 Å². The molecule has 3 atom stereocenters. The van der Waals surface area contributed by atoms with Crippen molar-refractivity contribution in [3.63, 3.8) is 0 Å². The Hall–Kier alpha value is -1.96. The topological polar surface area (TPSA) is 29.5 Å². The number of hydrogen-bond donors (Lipinski definition) is 1. The molecule has 1 fully saturated rings. The zero-order chi connectivity index (χ0) is 15.8. The van der Waals surface area contributed by atoms with Crippen molar-refractivity contribution < 1.29 is 9.84 Å². The van der Waals surface area contributed by atoms with E-state index in [0.717, 1.165) is 37.0 Å². The summed E-state index contributed by atoms with van der Waals surface area (Å²) in [5.74, 6) is 2.50. The lowest BCUT2D eigenvalue weighted by Gasteiger charge is -2.31. The molecule has 1 N–H and O–H groups in total. The number of rotatable bonds is 3. The van der Waals surface area contributed by atoms with Crippen LogP contribution >= 0.6 is 0 Å². The average molecular weight is 308 g/mol. The SMILES string of the molecule is CCCc1cc2c(cc1O)[C@H]1CC[C@@H](c3ccccc3)C[C@@H]1O2. The Kier molecular flexibility index (Phi) is 3.76. The van der Waals surface area contributed by atoms with Gasteiger partial charge in [-0.3, -0.25) is 0 Å². The van der Waals surface area contributed by atoms with Crippen LogP contribution in [0.4, 0.5) is 0 Å². The highest BCUT2D eigenvalue weighted by Gasteiger charge is 2.40. The highest BCUT2D eigenvalue weighted by atomic mass is 16.5. The molecule has 120 valence electrons. The smallest absolute Gasteiger partial charge is 0.123 e. The number of aromatic hydroxyl groups is 1. The minimum absolute atomic E-state index is 0.264. The first-order valence-corrected chi connectivity index (χ1v) is 8.83. The van der Waals surface area contributed by atoms with Crippen LogP contribution in [0.5, 0.6) is 11.5 Å². The molecule has 2 heteroatoms. The zero-order valence-electron chi connectivity index (χ0n) is 13.7. The summed E-state index contributed by atoms with van der Waals surface area (Å²) in [4.78, 5) is 0. The van der Waals surface area contributed by atoms with Gasteiger partial charge in [-0.2, -0.15) is 0 Å². The first-order chi connectivity index (χ1) is 11.3. The van der Waals surface area contributed by atoms with Crippen molar-refractivity contribution in [3.8, 4) is 11.5 Å². The fraction of sp³-hybridized carbons (Fsp3) is 0.429. The van der Waals surface area contributed by atoms with Gasteiger partial charge in [-0.05, 0) is 54.9 Å². The summed E-state index contributed by atoms with van der Waals surface area (Å²) in [6.45, 7) is 2.14. The number of fused-ring (bicyclic) bond motifs is 3. The number of phenolic OH excluding ortho intramolecular Hbond substituents is 1. The minimum atomic E-state index is 0.264. The first kappa shape index (κ1) is 14.6. The molecular weight excluding hydrogens is 284 g/mol. The van der Waals surface area contributed by atoms with Gasteiger partial charge in [0.25, 0.3) is 0 Å². The van der Waals surface area contributed by atoms with Crippen LogP contribution in [0.2, 0.25) is 0 Å². The van der Waals surface area contributed by atoms with E-state index in [1.54, 1.807) is 0 Å². The molecule has 0 aromatic heterocycles. The molecule has 2 aromatic carbocycles. The molecule has 4 rings (SSSR count). The monoisotopic (exact) mass is 308 g/mol. The summed E-state index contributed by atoms with van der Waals surface area (Å²) in [6.07, 6.45) is 5.63. The number of ether oxygens (including phenoxy) is 1. The van der Waals surface area contributed by atoms with E-state index in [9.17, 15) is 5.11 Å². The van der Waals surface area contributed by atoms with Crippen LogP contribution in [-0.4, -0.2) is 11.2 Å². The van der Waals surface area contributed by atoms with Crippen LogP contribution in [-0.2, 0) is 6.42 Å². The van der Waals surface area contributed by atoms with E-state index in [1.165, 1.54) is 17.5 Å². The van der Waals surface area contributed by atoms with Gasteiger partial charge in [0, 0.05) is 11.5 Å². The van der Waals surface area contributed by atoms with Crippen molar-refractivity contribution >= 4 is 0 Å². The van der Waals surface area contributed by atoms with Gasteiger partial charge in [0.15, 0.2) is 0 Å². The molecule has 1 aliphatic carbocycles. The maximum atomic E-state index is 10.3. The Labute approximate surface area is 138 Å². The van der Waals surface area contributed by atoms with E-state index in [0.29, 0.717) is 17.6 Å². The Balaban J connectivity index is 1.57. The number of aryl methyl sites for hydroxylation is 1. The van der Waals surface area contributed by atoms with Crippen molar-refractivity contribution in [2.24, 2.45) is 0 Å². The van der Waals surface area contributed by atoms with E-state index >= 15 is 0 Å². The molecule has 2 aliphatic rings. The molecule has 0 bridgehead atoms.